The first-order chi connectivity index (χ1) is 25.1. The minimum absolute atomic E-state index is 0.0926. The molecule has 0 rings (SSSR count). The van der Waals surface area contributed by atoms with Crippen LogP contribution in [0.2, 0.25) is 0 Å². The topological polar surface area (TPSA) is 72.8 Å². The summed E-state index contributed by atoms with van der Waals surface area (Å²) < 4.78 is 10.6. The number of unbranched alkanes of at least 4 members (excludes halogenated alkanes) is 23. The Morgan fingerprint density at radius 1 is 0.451 bits per heavy atom. The lowest BCUT2D eigenvalue weighted by Crippen LogP contribution is -2.28. The maximum absolute atomic E-state index is 12.2. The minimum Gasteiger partial charge on any atom is -0.462 e. The van der Waals surface area contributed by atoms with Crippen molar-refractivity contribution in [3.63, 3.8) is 0 Å². The van der Waals surface area contributed by atoms with Gasteiger partial charge in [-0.15, -0.1) is 0 Å². The normalized spacial score (nSPS) is 12.6. The number of carbonyl (C=O) groups is 2. The first-order valence-electron chi connectivity index (χ1n) is 21.7. The van der Waals surface area contributed by atoms with Crippen LogP contribution < -0.4 is 0 Å². The molecule has 5 nitrogen and oxygen atoms in total. The van der Waals surface area contributed by atoms with E-state index in [1.807, 2.05) is 0 Å². The van der Waals surface area contributed by atoms with E-state index < -0.39 is 6.10 Å². The molecule has 1 N–H and O–H groups in total. The number of aliphatic hydroxyl groups excluding tert-OH is 1. The van der Waals surface area contributed by atoms with E-state index in [0.29, 0.717) is 19.3 Å². The molecule has 0 aromatic rings. The van der Waals surface area contributed by atoms with Crippen LogP contribution in [0.15, 0.2) is 48.6 Å². The quantitative estimate of drug-likeness (QED) is 0.0390. The predicted octanol–water partition coefficient (Wildman–Crippen LogP) is 13.8. The lowest BCUT2D eigenvalue weighted by Gasteiger charge is -2.15. The van der Waals surface area contributed by atoms with Crippen LogP contribution in [0, 0.1) is 0 Å². The molecule has 0 radical (unpaired) electrons. The van der Waals surface area contributed by atoms with Gasteiger partial charge in [0.05, 0.1) is 6.61 Å². The Hall–Kier alpha value is -2.14. The van der Waals surface area contributed by atoms with E-state index in [0.717, 1.165) is 44.9 Å². The summed E-state index contributed by atoms with van der Waals surface area (Å²) in [6, 6.07) is 0. The molecule has 0 saturated carbocycles. The fourth-order valence-electron chi connectivity index (χ4n) is 6.08. The molecule has 0 fully saturated rings. The summed E-state index contributed by atoms with van der Waals surface area (Å²) in [5, 5.41) is 9.57. The molecule has 0 unspecified atom stereocenters. The molecule has 0 heterocycles. The molecule has 0 aliphatic heterocycles. The Balaban J connectivity index is 3.63. The first-order valence-corrected chi connectivity index (χ1v) is 21.7. The lowest BCUT2D eigenvalue weighted by molar-refractivity contribution is -0.161. The molecule has 0 aromatic carbocycles. The van der Waals surface area contributed by atoms with E-state index in [1.165, 1.54) is 135 Å². The molecular formula is C46H82O5. The molecule has 0 amide bonds. The molecule has 0 bridgehead atoms. The van der Waals surface area contributed by atoms with Crippen LogP contribution in [0.4, 0.5) is 0 Å². The zero-order valence-electron chi connectivity index (χ0n) is 33.6. The predicted molar refractivity (Wildman–Crippen MR) is 219 cm³/mol. The zero-order chi connectivity index (χ0) is 37.1. The Kier molecular flexibility index (Phi) is 40.5. The Morgan fingerprint density at radius 3 is 1.24 bits per heavy atom. The van der Waals surface area contributed by atoms with Crippen LogP contribution in [0.1, 0.15) is 213 Å². The van der Waals surface area contributed by atoms with Crippen molar-refractivity contribution in [2.45, 2.75) is 219 Å². The second-order valence-electron chi connectivity index (χ2n) is 14.4. The summed E-state index contributed by atoms with van der Waals surface area (Å²) in [4.78, 5) is 24.3. The van der Waals surface area contributed by atoms with Crippen molar-refractivity contribution < 1.29 is 24.2 Å². The first kappa shape index (κ1) is 48.9. The van der Waals surface area contributed by atoms with Gasteiger partial charge in [-0.3, -0.25) is 9.59 Å². The van der Waals surface area contributed by atoms with E-state index in [9.17, 15) is 14.7 Å². The molecule has 1 atom stereocenters. The van der Waals surface area contributed by atoms with Crippen molar-refractivity contribution in [2.75, 3.05) is 13.2 Å². The highest BCUT2D eigenvalue weighted by molar-refractivity contribution is 5.70. The number of allylic oxidation sites excluding steroid dienone is 8. The van der Waals surface area contributed by atoms with Gasteiger partial charge in [0.2, 0.25) is 0 Å². The van der Waals surface area contributed by atoms with Crippen molar-refractivity contribution in [3.8, 4) is 0 Å². The van der Waals surface area contributed by atoms with Gasteiger partial charge in [0, 0.05) is 12.8 Å². The van der Waals surface area contributed by atoms with Crippen LogP contribution in [0.25, 0.3) is 0 Å². The largest absolute Gasteiger partial charge is 0.462 e. The Bertz CT molecular complexity index is 858. The monoisotopic (exact) mass is 715 g/mol. The zero-order valence-corrected chi connectivity index (χ0v) is 33.6. The third kappa shape index (κ3) is 40.5. The van der Waals surface area contributed by atoms with Crippen LogP contribution in [-0.2, 0) is 19.1 Å². The average Bonchev–Trinajstić information content (AvgIpc) is 3.13. The highest BCUT2D eigenvalue weighted by Gasteiger charge is 2.16. The van der Waals surface area contributed by atoms with E-state index >= 15 is 0 Å². The second-order valence-corrected chi connectivity index (χ2v) is 14.4. The number of ether oxygens (including phenoxy) is 2. The maximum atomic E-state index is 12.2. The smallest absolute Gasteiger partial charge is 0.306 e. The van der Waals surface area contributed by atoms with Gasteiger partial charge < -0.3 is 14.6 Å². The van der Waals surface area contributed by atoms with Crippen LogP contribution >= 0.6 is 0 Å². The lowest BCUT2D eigenvalue weighted by atomic mass is 10.0. The number of esters is 2. The van der Waals surface area contributed by atoms with Crippen molar-refractivity contribution >= 4 is 11.9 Å². The third-order valence-corrected chi connectivity index (χ3v) is 9.38. The highest BCUT2D eigenvalue weighted by Crippen LogP contribution is 2.15. The summed E-state index contributed by atoms with van der Waals surface area (Å²) >= 11 is 0. The van der Waals surface area contributed by atoms with Gasteiger partial charge in [-0.1, -0.05) is 197 Å². The number of aliphatic hydroxyl groups is 1. The summed E-state index contributed by atoms with van der Waals surface area (Å²) in [5.74, 6) is -0.651. The molecule has 0 saturated heterocycles. The van der Waals surface area contributed by atoms with Gasteiger partial charge >= 0.3 is 11.9 Å². The molecular weight excluding hydrogens is 633 g/mol. The van der Waals surface area contributed by atoms with E-state index in [1.54, 1.807) is 0 Å². The van der Waals surface area contributed by atoms with E-state index in [4.69, 9.17) is 9.47 Å². The Labute approximate surface area is 316 Å². The van der Waals surface area contributed by atoms with Gasteiger partial charge in [0.1, 0.15) is 6.61 Å². The van der Waals surface area contributed by atoms with E-state index in [-0.39, 0.29) is 25.2 Å². The van der Waals surface area contributed by atoms with E-state index in [2.05, 4.69) is 62.5 Å². The van der Waals surface area contributed by atoms with Crippen LogP contribution in [0.3, 0.4) is 0 Å². The molecule has 0 aromatic heterocycles. The number of carbonyl (C=O) groups excluding carboxylic acids is 2. The van der Waals surface area contributed by atoms with Crippen molar-refractivity contribution in [3.05, 3.63) is 48.6 Å². The molecule has 0 aliphatic rings. The standard InChI is InChI=1S/C46H82O5/c1-3-5-7-9-11-13-15-17-19-21-22-23-24-25-27-28-30-32-34-36-38-40-45(48)50-43-44(42-47)51-46(49)41-39-37-35-33-31-29-26-20-18-16-14-12-10-8-6-4-2/h19,21,23-24,27-28,32,34,44,47H,3-18,20,22,25-26,29-31,33,35-43H2,1-2H3/b21-19+,24-23+,28-27+,34-32+/t44-/m0/s1. The fourth-order valence-corrected chi connectivity index (χ4v) is 6.08. The molecule has 0 aliphatic carbocycles. The number of hydrogen-bond donors (Lipinski definition) is 1. The van der Waals surface area contributed by atoms with Gasteiger partial charge in [-0.05, 0) is 51.4 Å². The number of rotatable bonds is 39. The van der Waals surface area contributed by atoms with Crippen LogP contribution in [0.5, 0.6) is 0 Å². The summed E-state index contributed by atoms with van der Waals surface area (Å²) in [7, 11) is 0. The van der Waals surface area contributed by atoms with Gasteiger partial charge in [-0.2, -0.15) is 0 Å². The summed E-state index contributed by atoms with van der Waals surface area (Å²) in [5.41, 5.74) is 0. The third-order valence-electron chi connectivity index (χ3n) is 9.38. The van der Waals surface area contributed by atoms with Crippen LogP contribution in [-0.4, -0.2) is 36.4 Å². The second kappa shape index (κ2) is 42.3. The van der Waals surface area contributed by atoms with Crippen molar-refractivity contribution in [1.82, 2.24) is 0 Å². The Morgan fingerprint density at radius 2 is 0.804 bits per heavy atom. The molecule has 0 spiro atoms. The van der Waals surface area contributed by atoms with Gasteiger partial charge in [0.15, 0.2) is 6.10 Å². The summed E-state index contributed by atoms with van der Waals surface area (Å²) in [6.07, 6.45) is 53.3. The number of hydrogen-bond acceptors (Lipinski definition) is 5. The fraction of sp³-hybridized carbons (Fsp3) is 0.783. The molecule has 51 heavy (non-hydrogen) atoms. The summed E-state index contributed by atoms with van der Waals surface area (Å²) in [6.45, 7) is 4.10. The maximum Gasteiger partial charge on any atom is 0.306 e. The van der Waals surface area contributed by atoms with Crippen molar-refractivity contribution in [2.24, 2.45) is 0 Å². The van der Waals surface area contributed by atoms with Gasteiger partial charge in [-0.25, -0.2) is 0 Å². The minimum atomic E-state index is -0.791. The molecule has 296 valence electrons. The molecule has 5 heteroatoms. The highest BCUT2D eigenvalue weighted by atomic mass is 16.6. The SMILES string of the molecule is CCCCCCCCC/C=C/C/C=C/C/C=C/C/C=C/CCCC(=O)OC[C@H](CO)OC(=O)CCCCCCCCCCCCCCCCCC. The average molecular weight is 715 g/mol. The van der Waals surface area contributed by atoms with Gasteiger partial charge in [0.25, 0.3) is 0 Å². The van der Waals surface area contributed by atoms with Crippen molar-refractivity contribution in [1.29, 1.82) is 0 Å².